The van der Waals surface area contributed by atoms with Gasteiger partial charge >= 0.3 is 0 Å². The molecule has 3 N–H and O–H groups in total. The molecule has 474 valence electrons. The lowest BCUT2D eigenvalue weighted by Gasteiger charge is -2.19. The van der Waals surface area contributed by atoms with Crippen LogP contribution in [-0.2, 0) is 4.79 Å². The Morgan fingerprint density at radius 3 is 0.802 bits per heavy atom. The van der Waals surface area contributed by atoms with Gasteiger partial charge in [-0.1, -0.05) is 376 Å². The zero-order chi connectivity index (χ0) is 58.4. The molecule has 0 rings (SSSR count). The van der Waals surface area contributed by atoms with Crippen molar-refractivity contribution in [1.82, 2.24) is 5.32 Å². The topological polar surface area (TPSA) is 69.6 Å². The molecule has 0 radical (unpaired) electrons. The van der Waals surface area contributed by atoms with Crippen molar-refractivity contribution >= 4 is 5.91 Å². The molecular formula is C77H143NO3. The van der Waals surface area contributed by atoms with Crippen LogP contribution in [0.5, 0.6) is 0 Å². The number of allylic oxidation sites excluding steroid dienone is 11. The van der Waals surface area contributed by atoms with E-state index in [1.54, 1.807) is 6.08 Å². The molecule has 0 saturated carbocycles. The molecule has 0 saturated heterocycles. The molecule has 0 aliphatic heterocycles. The van der Waals surface area contributed by atoms with Crippen LogP contribution in [0.15, 0.2) is 72.9 Å². The molecule has 2 atom stereocenters. The van der Waals surface area contributed by atoms with Crippen molar-refractivity contribution in [1.29, 1.82) is 0 Å². The summed E-state index contributed by atoms with van der Waals surface area (Å²) in [6, 6.07) is -0.649. The third-order valence-corrected chi connectivity index (χ3v) is 16.9. The van der Waals surface area contributed by atoms with Crippen LogP contribution in [0.25, 0.3) is 0 Å². The molecule has 0 fully saturated rings. The van der Waals surface area contributed by atoms with Crippen LogP contribution in [0.3, 0.4) is 0 Å². The first-order valence-electron chi connectivity index (χ1n) is 36.7. The highest BCUT2D eigenvalue weighted by Crippen LogP contribution is 2.19. The van der Waals surface area contributed by atoms with Crippen molar-refractivity contribution in [2.75, 3.05) is 6.61 Å². The normalized spacial score (nSPS) is 13.1. The van der Waals surface area contributed by atoms with Crippen molar-refractivity contribution in [2.24, 2.45) is 0 Å². The van der Waals surface area contributed by atoms with E-state index in [-0.39, 0.29) is 12.5 Å². The molecule has 0 bridgehead atoms. The molecule has 0 spiro atoms. The van der Waals surface area contributed by atoms with Crippen LogP contribution in [0, 0.1) is 0 Å². The lowest BCUT2D eigenvalue weighted by Crippen LogP contribution is -2.45. The number of aliphatic hydroxyl groups is 2. The number of carbonyl (C=O) groups excluding carboxylic acids is 1. The van der Waals surface area contributed by atoms with Gasteiger partial charge in [0.2, 0.25) is 5.91 Å². The number of aliphatic hydroxyl groups excluding tert-OH is 2. The largest absolute Gasteiger partial charge is 0.394 e. The number of nitrogens with one attached hydrogen (secondary N) is 1. The maximum atomic E-state index is 12.5. The fourth-order valence-electron chi connectivity index (χ4n) is 11.3. The zero-order valence-electron chi connectivity index (χ0n) is 54.8. The summed E-state index contributed by atoms with van der Waals surface area (Å²) < 4.78 is 0. The van der Waals surface area contributed by atoms with Crippen LogP contribution in [0.2, 0.25) is 0 Å². The van der Waals surface area contributed by atoms with Crippen LogP contribution in [-0.4, -0.2) is 34.9 Å². The quantitative estimate of drug-likeness (QED) is 0.0420. The summed E-state index contributed by atoms with van der Waals surface area (Å²) in [6.07, 6.45) is 104. The monoisotopic (exact) mass is 1130 g/mol. The first kappa shape index (κ1) is 78.8. The summed E-state index contributed by atoms with van der Waals surface area (Å²) in [4.78, 5) is 12.5. The molecule has 0 aliphatic carbocycles. The van der Waals surface area contributed by atoms with Crippen LogP contribution >= 0.6 is 0 Å². The average Bonchev–Trinajstić information content (AvgIpc) is 3.47. The average molecular weight is 1130 g/mol. The predicted molar refractivity (Wildman–Crippen MR) is 364 cm³/mol. The maximum Gasteiger partial charge on any atom is 0.220 e. The highest BCUT2D eigenvalue weighted by molar-refractivity contribution is 5.76. The van der Waals surface area contributed by atoms with E-state index in [9.17, 15) is 15.0 Å². The third kappa shape index (κ3) is 68.5. The zero-order valence-corrected chi connectivity index (χ0v) is 54.8. The van der Waals surface area contributed by atoms with Crippen molar-refractivity contribution in [3.8, 4) is 0 Å². The van der Waals surface area contributed by atoms with Crippen molar-refractivity contribution in [2.45, 2.75) is 405 Å². The molecule has 0 aromatic carbocycles. The third-order valence-electron chi connectivity index (χ3n) is 16.9. The first-order chi connectivity index (χ1) is 40.2. The standard InChI is InChI=1S/C77H143NO3/c1-3-5-7-9-11-13-15-17-19-21-23-25-27-29-31-33-35-36-37-38-39-40-41-42-43-45-47-49-51-53-55-57-59-61-63-65-67-69-71-73-77(81)78-75(74-79)76(80)72-70-68-66-64-62-60-58-56-54-52-50-48-46-44-34-32-30-28-26-24-22-20-18-16-14-12-10-8-6-4-2/h15,17,21,23,27,29,54,56,62,64,70,72,75-76,79-80H,3-14,16,18-20,22,24-26,28,30-53,55,57-61,63,65-69,71,73-74H2,1-2H3,(H,78,81)/b17-15-,23-21-,29-27-,56-54+,64-62+,72-70+. The van der Waals surface area contributed by atoms with Crippen molar-refractivity contribution in [3.63, 3.8) is 0 Å². The van der Waals surface area contributed by atoms with E-state index < -0.39 is 12.1 Å². The minimum Gasteiger partial charge on any atom is -0.394 e. The minimum atomic E-state index is -0.873. The minimum absolute atomic E-state index is 0.0718. The van der Waals surface area contributed by atoms with Crippen molar-refractivity contribution in [3.05, 3.63) is 72.9 Å². The molecule has 0 aliphatic rings. The Kier molecular flexibility index (Phi) is 70.2. The first-order valence-corrected chi connectivity index (χ1v) is 36.7. The van der Waals surface area contributed by atoms with Gasteiger partial charge in [-0.05, 0) is 83.5 Å². The van der Waals surface area contributed by atoms with E-state index in [2.05, 4.69) is 79.9 Å². The van der Waals surface area contributed by atoms with Gasteiger partial charge in [-0.15, -0.1) is 0 Å². The Morgan fingerprint density at radius 1 is 0.296 bits per heavy atom. The number of rotatable bonds is 68. The van der Waals surface area contributed by atoms with Gasteiger partial charge in [0.05, 0.1) is 18.8 Å². The van der Waals surface area contributed by atoms with Gasteiger partial charge in [-0.2, -0.15) is 0 Å². The predicted octanol–water partition coefficient (Wildman–Crippen LogP) is 25.2. The Morgan fingerprint density at radius 2 is 0.519 bits per heavy atom. The van der Waals surface area contributed by atoms with Crippen molar-refractivity contribution < 1.29 is 15.0 Å². The molecule has 0 heterocycles. The molecule has 2 unspecified atom stereocenters. The van der Waals surface area contributed by atoms with Gasteiger partial charge < -0.3 is 15.5 Å². The second-order valence-electron chi connectivity index (χ2n) is 25.0. The Hall–Kier alpha value is -2.17. The van der Waals surface area contributed by atoms with Crippen LogP contribution in [0.4, 0.5) is 0 Å². The van der Waals surface area contributed by atoms with Gasteiger partial charge in [-0.3, -0.25) is 4.79 Å². The summed E-state index contributed by atoms with van der Waals surface area (Å²) in [5.74, 6) is -0.0718. The SMILES string of the molecule is CCCCCCC/C=C\C/C=C\C/C=C\CCCCCCCCCCCCCCCCCCCCCCCCCCC(=O)NC(CO)C(O)/C=C/CC/C=C/CC/C=C/CCCCCCCCCCCCCCCCCCCCCC. The number of unbranched alkanes of at least 4 members (excludes halogenated alkanes) is 51. The van der Waals surface area contributed by atoms with Gasteiger partial charge in [0.1, 0.15) is 0 Å². The summed E-state index contributed by atoms with van der Waals surface area (Å²) >= 11 is 0. The van der Waals surface area contributed by atoms with Gasteiger partial charge in [-0.25, -0.2) is 0 Å². The molecule has 81 heavy (non-hydrogen) atoms. The van der Waals surface area contributed by atoms with E-state index in [1.807, 2.05) is 6.08 Å². The second kappa shape index (κ2) is 72.1. The number of amides is 1. The number of carbonyl (C=O) groups is 1. The lowest BCUT2D eigenvalue weighted by molar-refractivity contribution is -0.123. The molecule has 4 heteroatoms. The van der Waals surface area contributed by atoms with Gasteiger partial charge in [0.25, 0.3) is 0 Å². The number of hydrogen-bond acceptors (Lipinski definition) is 3. The highest BCUT2D eigenvalue weighted by atomic mass is 16.3. The van der Waals surface area contributed by atoms with E-state index in [0.29, 0.717) is 6.42 Å². The molecule has 4 nitrogen and oxygen atoms in total. The molecular weight excluding hydrogens is 987 g/mol. The lowest BCUT2D eigenvalue weighted by atomic mass is 10.0. The molecule has 0 aromatic rings. The summed E-state index contributed by atoms with van der Waals surface area (Å²) in [5.41, 5.74) is 0. The molecule has 0 aromatic heterocycles. The number of hydrogen-bond donors (Lipinski definition) is 3. The summed E-state index contributed by atoms with van der Waals surface area (Å²) in [6.45, 7) is 4.32. The summed E-state index contributed by atoms with van der Waals surface area (Å²) in [7, 11) is 0. The summed E-state index contributed by atoms with van der Waals surface area (Å²) in [5, 5.41) is 23.3. The fraction of sp³-hybridized carbons (Fsp3) is 0.831. The van der Waals surface area contributed by atoms with E-state index in [0.717, 1.165) is 51.4 Å². The smallest absolute Gasteiger partial charge is 0.220 e. The highest BCUT2D eigenvalue weighted by Gasteiger charge is 2.18. The molecule has 1 amide bonds. The maximum absolute atomic E-state index is 12.5. The van der Waals surface area contributed by atoms with Crippen LogP contribution in [0.1, 0.15) is 393 Å². The Balaban J connectivity index is 3.47. The Bertz CT molecular complexity index is 1380. The Labute approximate surface area is 508 Å². The van der Waals surface area contributed by atoms with Gasteiger partial charge in [0.15, 0.2) is 0 Å². The van der Waals surface area contributed by atoms with Gasteiger partial charge in [0, 0.05) is 6.42 Å². The van der Waals surface area contributed by atoms with Crippen LogP contribution < -0.4 is 5.32 Å². The second-order valence-corrected chi connectivity index (χ2v) is 25.0. The van der Waals surface area contributed by atoms with E-state index in [4.69, 9.17) is 0 Å². The van der Waals surface area contributed by atoms with E-state index >= 15 is 0 Å². The fourth-order valence-corrected chi connectivity index (χ4v) is 11.3. The van der Waals surface area contributed by atoms with E-state index in [1.165, 1.54) is 321 Å².